The summed E-state index contributed by atoms with van der Waals surface area (Å²) in [5, 5.41) is 0. The van der Waals surface area contributed by atoms with Gasteiger partial charge in [0.1, 0.15) is 0 Å². The molecule has 0 aromatic heterocycles. The van der Waals surface area contributed by atoms with Gasteiger partial charge in [0, 0.05) is 12.6 Å². The van der Waals surface area contributed by atoms with Crippen molar-refractivity contribution in [3.05, 3.63) is 35.4 Å². The van der Waals surface area contributed by atoms with E-state index in [4.69, 9.17) is 9.47 Å². The average Bonchev–Trinajstić information content (AvgIpc) is 2.76. The Labute approximate surface area is 192 Å². The standard InChI is InChI=1S/C22H31F3N2O5S/c1-31-21(28)27-13-5-8-19(26-33(2,29)30)20(27)14-32-16-11-9-15(10-12-16)17-6-3-4-7-18(17)22(23,24)25/h3-4,6-7,15-16,19-20,26H,5,8-14H2,1-2H3/t15?,16?,19-,20-/m0/s1. The normalized spacial score (nSPS) is 26.8. The molecule has 1 N–H and O–H groups in total. The van der Waals surface area contributed by atoms with Gasteiger partial charge in [-0.15, -0.1) is 0 Å². The molecule has 186 valence electrons. The number of rotatable bonds is 6. The van der Waals surface area contributed by atoms with Crippen molar-refractivity contribution in [3.63, 3.8) is 0 Å². The minimum absolute atomic E-state index is 0.122. The van der Waals surface area contributed by atoms with E-state index < -0.39 is 39.9 Å². The summed E-state index contributed by atoms with van der Waals surface area (Å²) in [6.07, 6.45) is -0.528. The lowest BCUT2D eigenvalue weighted by atomic mass is 9.81. The summed E-state index contributed by atoms with van der Waals surface area (Å²) in [4.78, 5) is 13.7. The van der Waals surface area contributed by atoms with Crippen molar-refractivity contribution in [3.8, 4) is 0 Å². The Kier molecular flexibility index (Phi) is 8.28. The zero-order chi connectivity index (χ0) is 24.2. The summed E-state index contributed by atoms with van der Waals surface area (Å²) in [6, 6.07) is 4.68. The van der Waals surface area contributed by atoms with Crippen LogP contribution >= 0.6 is 0 Å². The van der Waals surface area contributed by atoms with Crippen LogP contribution < -0.4 is 4.72 Å². The van der Waals surface area contributed by atoms with Crippen molar-refractivity contribution in [1.82, 2.24) is 9.62 Å². The molecule has 1 amide bonds. The van der Waals surface area contributed by atoms with Crippen LogP contribution in [0.1, 0.15) is 55.6 Å². The Morgan fingerprint density at radius 3 is 2.42 bits per heavy atom. The van der Waals surface area contributed by atoms with Crippen molar-refractivity contribution in [2.45, 2.75) is 68.8 Å². The Morgan fingerprint density at radius 1 is 1.15 bits per heavy atom. The third-order valence-corrected chi connectivity index (χ3v) is 7.17. The molecule has 0 spiro atoms. The van der Waals surface area contributed by atoms with E-state index in [0.717, 1.165) is 12.3 Å². The van der Waals surface area contributed by atoms with Gasteiger partial charge < -0.3 is 14.4 Å². The molecular weight excluding hydrogens is 461 g/mol. The van der Waals surface area contributed by atoms with Gasteiger partial charge in [-0.2, -0.15) is 13.2 Å². The van der Waals surface area contributed by atoms with Crippen LogP contribution in [0.2, 0.25) is 0 Å². The number of ether oxygens (including phenoxy) is 2. The number of carbonyl (C=O) groups is 1. The van der Waals surface area contributed by atoms with Gasteiger partial charge >= 0.3 is 12.3 Å². The SMILES string of the molecule is COC(=O)N1CCC[C@H](NS(C)(=O)=O)[C@@H]1COC1CCC(c2ccccc2C(F)(F)F)CC1. The number of benzene rings is 1. The van der Waals surface area contributed by atoms with Crippen LogP contribution in [0.5, 0.6) is 0 Å². The predicted octanol–water partition coefficient (Wildman–Crippen LogP) is 3.90. The third kappa shape index (κ3) is 6.83. The number of sulfonamides is 1. The molecule has 0 radical (unpaired) electrons. The molecule has 1 aromatic rings. The van der Waals surface area contributed by atoms with Crippen LogP contribution in [-0.4, -0.2) is 64.1 Å². The minimum atomic E-state index is -4.39. The van der Waals surface area contributed by atoms with E-state index in [2.05, 4.69) is 4.72 Å². The molecule has 1 aliphatic carbocycles. The predicted molar refractivity (Wildman–Crippen MR) is 116 cm³/mol. The largest absolute Gasteiger partial charge is 0.453 e. The molecule has 3 rings (SSSR count). The van der Waals surface area contributed by atoms with Crippen LogP contribution in [0.4, 0.5) is 18.0 Å². The summed E-state index contributed by atoms with van der Waals surface area (Å²) in [6.45, 7) is 0.556. The van der Waals surface area contributed by atoms with Crippen molar-refractivity contribution >= 4 is 16.1 Å². The Balaban J connectivity index is 1.63. The van der Waals surface area contributed by atoms with Gasteiger partial charge in [0.15, 0.2) is 0 Å². The Hall–Kier alpha value is -1.85. The van der Waals surface area contributed by atoms with Crippen LogP contribution in [0, 0.1) is 0 Å². The maximum absolute atomic E-state index is 13.4. The maximum atomic E-state index is 13.4. The lowest BCUT2D eigenvalue weighted by Crippen LogP contribution is -2.59. The zero-order valence-electron chi connectivity index (χ0n) is 18.8. The first kappa shape index (κ1) is 25.8. The average molecular weight is 493 g/mol. The van der Waals surface area contributed by atoms with Crippen LogP contribution in [0.25, 0.3) is 0 Å². The highest BCUT2D eigenvalue weighted by Crippen LogP contribution is 2.41. The van der Waals surface area contributed by atoms with E-state index in [1.807, 2.05) is 0 Å². The molecule has 11 heteroatoms. The molecular formula is C22H31F3N2O5S. The Bertz CT molecular complexity index is 917. The van der Waals surface area contributed by atoms with Crippen molar-refractivity contribution in [2.24, 2.45) is 0 Å². The highest BCUT2D eigenvalue weighted by atomic mass is 32.2. The molecule has 2 fully saturated rings. The smallest absolute Gasteiger partial charge is 0.416 e. The number of halogens is 3. The molecule has 0 bridgehead atoms. The first-order chi connectivity index (χ1) is 15.5. The number of amides is 1. The molecule has 7 nitrogen and oxygen atoms in total. The lowest BCUT2D eigenvalue weighted by molar-refractivity contribution is -0.138. The summed E-state index contributed by atoms with van der Waals surface area (Å²) >= 11 is 0. The molecule has 0 unspecified atom stereocenters. The Morgan fingerprint density at radius 2 is 1.82 bits per heavy atom. The topological polar surface area (TPSA) is 84.9 Å². The number of alkyl halides is 3. The quantitative estimate of drug-likeness (QED) is 0.651. The number of hydrogen-bond acceptors (Lipinski definition) is 5. The van der Waals surface area contributed by atoms with Crippen LogP contribution in [0.3, 0.4) is 0 Å². The van der Waals surface area contributed by atoms with Gasteiger partial charge in [0.25, 0.3) is 0 Å². The number of nitrogens with zero attached hydrogens (tertiary/aromatic N) is 1. The molecule has 2 atom stereocenters. The number of likely N-dealkylation sites (tertiary alicyclic amines) is 1. The first-order valence-electron chi connectivity index (χ1n) is 11.1. The summed E-state index contributed by atoms with van der Waals surface area (Å²) in [7, 11) is -2.21. The van der Waals surface area contributed by atoms with Crippen molar-refractivity contribution < 1.29 is 35.9 Å². The van der Waals surface area contributed by atoms with Gasteiger partial charge in [-0.3, -0.25) is 0 Å². The number of piperidine rings is 1. The molecule has 33 heavy (non-hydrogen) atoms. The monoisotopic (exact) mass is 492 g/mol. The van der Waals surface area contributed by atoms with Gasteiger partial charge in [-0.25, -0.2) is 17.9 Å². The van der Waals surface area contributed by atoms with E-state index in [0.29, 0.717) is 50.6 Å². The highest BCUT2D eigenvalue weighted by Gasteiger charge is 2.38. The molecule has 1 aliphatic heterocycles. The van der Waals surface area contributed by atoms with Crippen LogP contribution in [-0.2, 0) is 25.7 Å². The number of hydrogen-bond donors (Lipinski definition) is 1. The van der Waals surface area contributed by atoms with E-state index >= 15 is 0 Å². The second kappa shape index (κ2) is 10.6. The van der Waals surface area contributed by atoms with Crippen LogP contribution in [0.15, 0.2) is 24.3 Å². The van der Waals surface area contributed by atoms with E-state index in [9.17, 15) is 26.4 Å². The fraction of sp³-hybridized carbons (Fsp3) is 0.682. The van der Waals surface area contributed by atoms with Gasteiger partial charge in [-0.1, -0.05) is 18.2 Å². The van der Waals surface area contributed by atoms with E-state index in [1.54, 1.807) is 12.1 Å². The fourth-order valence-corrected chi connectivity index (χ4v) is 5.73. The number of methoxy groups -OCH3 is 1. The molecule has 1 aromatic carbocycles. The molecule has 1 saturated carbocycles. The number of nitrogens with one attached hydrogen (secondary N) is 1. The van der Waals surface area contributed by atoms with Gasteiger partial charge in [-0.05, 0) is 56.1 Å². The lowest BCUT2D eigenvalue weighted by Gasteiger charge is -2.41. The fourth-order valence-electron chi connectivity index (χ4n) is 4.91. The van der Waals surface area contributed by atoms with Crippen molar-refractivity contribution in [2.75, 3.05) is 26.5 Å². The molecule has 1 saturated heterocycles. The maximum Gasteiger partial charge on any atom is 0.416 e. The summed E-state index contributed by atoms with van der Waals surface area (Å²) in [5.41, 5.74) is -0.259. The first-order valence-corrected chi connectivity index (χ1v) is 13.0. The third-order valence-electron chi connectivity index (χ3n) is 6.44. The minimum Gasteiger partial charge on any atom is -0.453 e. The van der Waals surface area contributed by atoms with Gasteiger partial charge in [0.2, 0.25) is 10.0 Å². The van der Waals surface area contributed by atoms with Crippen molar-refractivity contribution in [1.29, 1.82) is 0 Å². The highest BCUT2D eigenvalue weighted by molar-refractivity contribution is 7.88. The second-order valence-corrected chi connectivity index (χ2v) is 10.5. The van der Waals surface area contributed by atoms with Gasteiger partial charge in [0.05, 0.1) is 37.7 Å². The molecule has 2 aliphatic rings. The number of carbonyl (C=O) groups excluding carboxylic acids is 1. The summed E-state index contributed by atoms with van der Waals surface area (Å²) in [5.74, 6) is -0.191. The van der Waals surface area contributed by atoms with E-state index in [1.165, 1.54) is 18.1 Å². The summed E-state index contributed by atoms with van der Waals surface area (Å²) < 4.78 is 77.2. The zero-order valence-corrected chi connectivity index (χ0v) is 19.6. The van der Waals surface area contributed by atoms with E-state index in [-0.39, 0.29) is 18.6 Å². The second-order valence-electron chi connectivity index (χ2n) is 8.76. The molecule has 1 heterocycles.